The van der Waals surface area contributed by atoms with Crippen LogP contribution in [0, 0.1) is 5.92 Å². The van der Waals surface area contributed by atoms with Crippen LogP contribution in [0.5, 0.6) is 0 Å². The molecular weight excluding hydrogens is 443 g/mol. The van der Waals surface area contributed by atoms with Gasteiger partial charge in [0.1, 0.15) is 0 Å². The lowest BCUT2D eigenvalue weighted by Gasteiger charge is -2.33. The largest absolute Gasteiger partial charge is 0.469 e. The Balaban J connectivity index is 0.00000625. The fourth-order valence-corrected chi connectivity index (χ4v) is 3.17. The van der Waals surface area contributed by atoms with Crippen LogP contribution in [-0.4, -0.2) is 75.7 Å². The predicted molar refractivity (Wildman–Crippen MR) is 119 cm³/mol. The second-order valence-corrected chi connectivity index (χ2v) is 7.09. The molecule has 1 N–H and O–H groups in total. The molecule has 0 amide bonds. The quantitative estimate of drug-likeness (QED) is 0.171. The number of carbonyl (C=O) groups is 1. The summed E-state index contributed by atoms with van der Waals surface area (Å²) in [4.78, 5) is 20.9. The highest BCUT2D eigenvalue weighted by Gasteiger charge is 2.26. The summed E-state index contributed by atoms with van der Waals surface area (Å²) in [7, 11) is 5.73. The number of methoxy groups -OCH3 is 1. The van der Waals surface area contributed by atoms with E-state index in [-0.39, 0.29) is 35.9 Å². The molecule has 0 radical (unpaired) electrons. The molecule has 0 atom stereocenters. The normalized spacial score (nSPS) is 15.7. The van der Waals surface area contributed by atoms with Gasteiger partial charge in [-0.1, -0.05) is 19.3 Å². The molecule has 0 unspecified atom stereocenters. The zero-order valence-corrected chi connectivity index (χ0v) is 19.5. The minimum atomic E-state index is -0.0733. The summed E-state index contributed by atoms with van der Waals surface area (Å²) in [6.45, 7) is 6.78. The number of esters is 1. The number of nitrogens with one attached hydrogen (secondary N) is 1. The molecule has 1 aliphatic rings. The van der Waals surface area contributed by atoms with Gasteiger partial charge in [-0.25, -0.2) is 0 Å². The fourth-order valence-electron chi connectivity index (χ4n) is 3.17. The lowest BCUT2D eigenvalue weighted by atomic mass is 9.97. The molecule has 0 aromatic heterocycles. The summed E-state index contributed by atoms with van der Waals surface area (Å²) in [5, 5.41) is 3.39. The Bertz CT molecular complexity index is 397. The van der Waals surface area contributed by atoms with E-state index in [1.54, 1.807) is 0 Å². The first-order valence-electron chi connectivity index (χ1n) is 9.84. The van der Waals surface area contributed by atoms with Crippen molar-refractivity contribution in [2.24, 2.45) is 10.9 Å². The molecule has 1 rings (SSSR count). The number of aliphatic imine (C=N–C) groups is 1. The number of hydrogen-bond donors (Lipinski definition) is 1. The fraction of sp³-hybridized carbons (Fsp3) is 0.895. The molecule has 26 heavy (non-hydrogen) atoms. The van der Waals surface area contributed by atoms with Crippen molar-refractivity contribution in [3.63, 3.8) is 0 Å². The number of unbranched alkanes of at least 4 members (excludes halogenated alkanes) is 4. The molecule has 0 spiro atoms. The van der Waals surface area contributed by atoms with E-state index in [0.717, 1.165) is 51.4 Å². The van der Waals surface area contributed by atoms with E-state index in [1.807, 2.05) is 0 Å². The van der Waals surface area contributed by atoms with Gasteiger partial charge in [-0.2, -0.15) is 0 Å². The summed E-state index contributed by atoms with van der Waals surface area (Å²) in [6.07, 6.45) is 7.99. The van der Waals surface area contributed by atoms with Crippen LogP contribution in [0.4, 0.5) is 0 Å². The number of piperidine rings is 1. The van der Waals surface area contributed by atoms with Gasteiger partial charge in [0, 0.05) is 26.2 Å². The maximum atomic E-state index is 11.6. The SMILES string of the molecule is CCNC(=NCCCCCCCN(C)C)N1CCC(C(=O)OC)CC1.I. The van der Waals surface area contributed by atoms with Crippen LogP contribution in [0.1, 0.15) is 51.9 Å². The number of nitrogens with zero attached hydrogens (tertiary/aromatic N) is 3. The molecule has 0 saturated carbocycles. The highest BCUT2D eigenvalue weighted by molar-refractivity contribution is 14.0. The molecular formula is C19H39IN4O2. The molecule has 0 aliphatic carbocycles. The van der Waals surface area contributed by atoms with Gasteiger partial charge in [0.15, 0.2) is 5.96 Å². The molecule has 1 heterocycles. The van der Waals surface area contributed by atoms with Crippen molar-refractivity contribution in [3.8, 4) is 0 Å². The van der Waals surface area contributed by atoms with E-state index in [9.17, 15) is 4.79 Å². The Morgan fingerprint density at radius 2 is 1.77 bits per heavy atom. The Morgan fingerprint density at radius 1 is 1.15 bits per heavy atom. The van der Waals surface area contributed by atoms with Crippen molar-refractivity contribution in [1.82, 2.24) is 15.1 Å². The lowest BCUT2D eigenvalue weighted by molar-refractivity contribution is -0.146. The standard InChI is InChI=1S/C19H38N4O2.HI/c1-5-20-19(21-13-9-7-6-8-10-14-22(2)3)23-15-11-17(12-16-23)18(24)25-4;/h17H,5-16H2,1-4H3,(H,20,21);1H. The van der Waals surface area contributed by atoms with Crippen molar-refractivity contribution in [2.75, 3.05) is 53.9 Å². The summed E-state index contributed by atoms with van der Waals surface area (Å²) in [5.41, 5.74) is 0. The van der Waals surface area contributed by atoms with Gasteiger partial charge in [0.25, 0.3) is 0 Å². The van der Waals surface area contributed by atoms with Crippen LogP contribution in [0.15, 0.2) is 4.99 Å². The second kappa shape index (κ2) is 15.5. The summed E-state index contributed by atoms with van der Waals surface area (Å²) in [6, 6.07) is 0. The van der Waals surface area contributed by atoms with Gasteiger partial charge in [-0.05, 0) is 53.2 Å². The number of carbonyl (C=O) groups excluding carboxylic acids is 1. The number of halogens is 1. The van der Waals surface area contributed by atoms with Crippen molar-refractivity contribution in [2.45, 2.75) is 51.9 Å². The molecule has 7 heteroatoms. The maximum Gasteiger partial charge on any atom is 0.308 e. The monoisotopic (exact) mass is 482 g/mol. The van der Waals surface area contributed by atoms with Crippen molar-refractivity contribution < 1.29 is 9.53 Å². The molecule has 0 bridgehead atoms. The van der Waals surface area contributed by atoms with Gasteiger partial charge < -0.3 is 19.9 Å². The first kappa shape index (κ1) is 25.4. The minimum absolute atomic E-state index is 0. The zero-order chi connectivity index (χ0) is 18.5. The second-order valence-electron chi connectivity index (χ2n) is 7.09. The van der Waals surface area contributed by atoms with E-state index in [2.05, 4.69) is 36.1 Å². The Morgan fingerprint density at radius 3 is 2.35 bits per heavy atom. The Kier molecular flexibility index (Phi) is 15.1. The third-order valence-electron chi connectivity index (χ3n) is 4.69. The van der Waals surface area contributed by atoms with Crippen LogP contribution in [0.3, 0.4) is 0 Å². The van der Waals surface area contributed by atoms with E-state index in [1.165, 1.54) is 39.3 Å². The Hall–Kier alpha value is -0.570. The van der Waals surface area contributed by atoms with Crippen LogP contribution in [0.2, 0.25) is 0 Å². The topological polar surface area (TPSA) is 57.2 Å². The predicted octanol–water partition coefficient (Wildman–Crippen LogP) is 2.97. The van der Waals surface area contributed by atoms with Crippen molar-refractivity contribution in [3.05, 3.63) is 0 Å². The minimum Gasteiger partial charge on any atom is -0.469 e. The van der Waals surface area contributed by atoms with Crippen LogP contribution < -0.4 is 5.32 Å². The van der Waals surface area contributed by atoms with Crippen molar-refractivity contribution in [1.29, 1.82) is 0 Å². The molecule has 1 aliphatic heterocycles. The van der Waals surface area contributed by atoms with Crippen LogP contribution >= 0.6 is 24.0 Å². The van der Waals surface area contributed by atoms with E-state index in [4.69, 9.17) is 9.73 Å². The first-order chi connectivity index (χ1) is 12.1. The van der Waals surface area contributed by atoms with Gasteiger partial charge in [-0.15, -0.1) is 24.0 Å². The maximum absolute atomic E-state index is 11.6. The molecule has 6 nitrogen and oxygen atoms in total. The molecule has 1 fully saturated rings. The van der Waals surface area contributed by atoms with Crippen LogP contribution in [0.25, 0.3) is 0 Å². The summed E-state index contributed by atoms with van der Waals surface area (Å²) in [5.74, 6) is 0.973. The molecule has 154 valence electrons. The first-order valence-corrected chi connectivity index (χ1v) is 9.84. The number of guanidine groups is 1. The molecule has 0 aromatic rings. The van der Waals surface area contributed by atoms with E-state index >= 15 is 0 Å². The number of ether oxygens (including phenoxy) is 1. The van der Waals surface area contributed by atoms with E-state index < -0.39 is 0 Å². The smallest absolute Gasteiger partial charge is 0.308 e. The van der Waals surface area contributed by atoms with E-state index in [0.29, 0.717) is 0 Å². The number of rotatable bonds is 10. The summed E-state index contributed by atoms with van der Waals surface area (Å²) >= 11 is 0. The zero-order valence-electron chi connectivity index (χ0n) is 17.1. The lowest BCUT2D eigenvalue weighted by Crippen LogP contribution is -2.46. The third-order valence-corrected chi connectivity index (χ3v) is 4.69. The molecule has 0 aromatic carbocycles. The van der Waals surface area contributed by atoms with Crippen molar-refractivity contribution >= 4 is 35.9 Å². The van der Waals surface area contributed by atoms with Gasteiger partial charge >= 0.3 is 5.97 Å². The van der Waals surface area contributed by atoms with Gasteiger partial charge in [0.05, 0.1) is 13.0 Å². The van der Waals surface area contributed by atoms with Gasteiger partial charge in [-0.3, -0.25) is 9.79 Å². The summed E-state index contributed by atoms with van der Waals surface area (Å²) < 4.78 is 4.86. The average molecular weight is 482 g/mol. The van der Waals surface area contributed by atoms with Crippen LogP contribution in [-0.2, 0) is 9.53 Å². The van der Waals surface area contributed by atoms with Gasteiger partial charge in [0.2, 0.25) is 0 Å². The average Bonchev–Trinajstić information content (AvgIpc) is 2.62. The Labute approximate surface area is 177 Å². The highest BCUT2D eigenvalue weighted by atomic mass is 127. The number of hydrogen-bond acceptors (Lipinski definition) is 4. The molecule has 1 saturated heterocycles. The highest BCUT2D eigenvalue weighted by Crippen LogP contribution is 2.18. The number of likely N-dealkylation sites (tertiary alicyclic amines) is 1. The third kappa shape index (κ3) is 10.5.